The summed E-state index contributed by atoms with van der Waals surface area (Å²) < 4.78 is 17.8. The molecule has 0 aliphatic heterocycles. The maximum Gasteiger partial charge on any atom is 0.266 e. The first kappa shape index (κ1) is 9.11. The molecule has 0 aromatic rings. The van der Waals surface area contributed by atoms with Gasteiger partial charge < -0.3 is 8.84 Å². The van der Waals surface area contributed by atoms with Crippen molar-refractivity contribution in [1.82, 2.24) is 0 Å². The van der Waals surface area contributed by atoms with E-state index in [9.17, 15) is 4.11 Å². The molecule has 1 nitrogen and oxygen atoms in total. The van der Waals surface area contributed by atoms with Gasteiger partial charge in [-0.1, -0.05) is 6.92 Å². The molecule has 0 radical (unpaired) electrons. The maximum atomic E-state index is 12.7. The molecule has 0 spiro atoms. The van der Waals surface area contributed by atoms with Crippen molar-refractivity contribution in [1.29, 1.82) is 0 Å². The fourth-order valence-corrected chi connectivity index (χ4v) is 1.09. The third kappa shape index (κ3) is 8.11. The van der Waals surface area contributed by atoms with Gasteiger partial charge in [-0.2, -0.15) is 0 Å². The van der Waals surface area contributed by atoms with Crippen molar-refractivity contribution in [3.8, 4) is 0 Å². The summed E-state index contributed by atoms with van der Waals surface area (Å²) in [6.45, 7) is 6.03. The Kier molecular flexibility index (Phi) is 4.06. The fraction of sp³-hybridized carbons (Fsp3) is 1.00. The molecule has 0 aliphatic rings. The van der Waals surface area contributed by atoms with Crippen LogP contribution in [0.3, 0.4) is 0 Å². The minimum Gasteiger partial charge on any atom is -0.382 e. The molecule has 0 saturated carbocycles. The van der Waals surface area contributed by atoms with Crippen molar-refractivity contribution >= 4 is 8.41 Å². The average Bonchev–Trinajstić information content (AvgIpc) is 1.63. The smallest absolute Gasteiger partial charge is 0.266 e. The van der Waals surface area contributed by atoms with Gasteiger partial charge in [-0.15, -0.1) is 0 Å². The van der Waals surface area contributed by atoms with Crippen molar-refractivity contribution in [2.24, 2.45) is 0 Å². The fourth-order valence-electron chi connectivity index (χ4n) is 0.459. The summed E-state index contributed by atoms with van der Waals surface area (Å²) in [7, 11) is -2.42. The Morgan fingerprint density at radius 3 is 2.33 bits per heavy atom. The van der Waals surface area contributed by atoms with Gasteiger partial charge in [0.2, 0.25) is 0 Å². The van der Waals surface area contributed by atoms with Crippen LogP contribution in [0.15, 0.2) is 0 Å². The summed E-state index contributed by atoms with van der Waals surface area (Å²) in [4.78, 5) is 0. The third-order valence-electron chi connectivity index (χ3n) is 0.794. The van der Waals surface area contributed by atoms with Gasteiger partial charge >= 0.3 is 0 Å². The van der Waals surface area contributed by atoms with Gasteiger partial charge in [0.25, 0.3) is 8.41 Å². The normalized spacial score (nSPS) is 12.0. The van der Waals surface area contributed by atoms with Crippen LogP contribution in [0.2, 0.25) is 13.1 Å². The molecule has 0 N–H and O–H groups in total. The van der Waals surface area contributed by atoms with E-state index in [1.807, 2.05) is 6.92 Å². The summed E-state index contributed by atoms with van der Waals surface area (Å²) in [5, 5.41) is 0. The van der Waals surface area contributed by atoms with Crippen molar-refractivity contribution < 1.29 is 8.84 Å². The molecule has 0 saturated heterocycles. The molecule has 0 rings (SSSR count). The van der Waals surface area contributed by atoms with E-state index in [4.69, 9.17) is 4.74 Å². The van der Waals surface area contributed by atoms with Crippen LogP contribution >= 0.6 is 0 Å². The van der Waals surface area contributed by atoms with E-state index < -0.39 is 8.41 Å². The lowest BCUT2D eigenvalue weighted by Crippen LogP contribution is -2.26. The molecule has 0 bridgehead atoms. The quantitative estimate of drug-likeness (QED) is 0.339. The van der Waals surface area contributed by atoms with Crippen LogP contribution in [0.1, 0.15) is 13.3 Å². The Bertz CT molecular complexity index is 69.9. The van der Waals surface area contributed by atoms with Crippen LogP contribution in [0.25, 0.3) is 0 Å². The summed E-state index contributed by atoms with van der Waals surface area (Å²) in [5.74, 6) is 0. The Labute approximate surface area is 57.4 Å². The molecule has 56 valence electrons. The van der Waals surface area contributed by atoms with Crippen molar-refractivity contribution in [2.45, 2.75) is 26.4 Å². The van der Waals surface area contributed by atoms with Crippen LogP contribution < -0.4 is 0 Å². The molecule has 0 unspecified atom stereocenters. The topological polar surface area (TPSA) is 9.23 Å². The minimum atomic E-state index is -2.42. The van der Waals surface area contributed by atoms with Crippen LogP contribution in [0.5, 0.6) is 0 Å². The van der Waals surface area contributed by atoms with Crippen LogP contribution in [0, 0.1) is 0 Å². The number of rotatable bonds is 4. The maximum absolute atomic E-state index is 12.7. The second-order valence-corrected chi connectivity index (χ2v) is 6.50. The van der Waals surface area contributed by atoms with Crippen molar-refractivity contribution in [3.63, 3.8) is 0 Å². The van der Waals surface area contributed by atoms with E-state index in [1.165, 1.54) is 0 Å². The molecule has 3 heteroatoms. The number of hydrogen-bond donors (Lipinski definition) is 0. The molecule has 0 heterocycles. The van der Waals surface area contributed by atoms with E-state index in [0.717, 1.165) is 6.42 Å². The van der Waals surface area contributed by atoms with Gasteiger partial charge in [-0.05, 0) is 19.5 Å². The summed E-state index contributed by atoms with van der Waals surface area (Å²) >= 11 is 0. The predicted molar refractivity (Wildman–Crippen MR) is 39.7 cm³/mol. The number of hydrogen-bond acceptors (Lipinski definition) is 1. The van der Waals surface area contributed by atoms with Gasteiger partial charge in [-0.3, -0.25) is 0 Å². The highest BCUT2D eigenvalue weighted by Gasteiger charge is 2.19. The SMILES string of the molecule is CCCOC[Si](C)(C)F. The zero-order valence-electron chi connectivity index (χ0n) is 6.41. The molecule has 0 aliphatic carbocycles. The molecular formula is C6H15FOSi. The van der Waals surface area contributed by atoms with Gasteiger partial charge in [0.05, 0.1) is 6.23 Å². The summed E-state index contributed by atoms with van der Waals surface area (Å²) in [5.41, 5.74) is 0. The molecule has 0 fully saturated rings. The molecule has 0 atom stereocenters. The third-order valence-corrected chi connectivity index (χ3v) is 1.68. The Hall–Kier alpha value is 0.107. The van der Waals surface area contributed by atoms with Crippen molar-refractivity contribution in [3.05, 3.63) is 0 Å². The first-order chi connectivity index (χ1) is 4.06. The van der Waals surface area contributed by atoms with Crippen LogP contribution in [-0.4, -0.2) is 21.2 Å². The highest BCUT2D eigenvalue weighted by atomic mass is 28.4. The standard InChI is InChI=1S/C6H15FOSi/c1-4-5-8-6-9(2,3)7/h4-6H2,1-3H3. The Morgan fingerprint density at radius 2 is 2.00 bits per heavy atom. The molecule has 0 amide bonds. The monoisotopic (exact) mass is 150 g/mol. The molecule has 9 heavy (non-hydrogen) atoms. The molecular weight excluding hydrogens is 135 g/mol. The largest absolute Gasteiger partial charge is 0.382 e. The molecule has 0 aromatic heterocycles. The van der Waals surface area contributed by atoms with E-state index in [2.05, 4.69) is 0 Å². The zero-order valence-corrected chi connectivity index (χ0v) is 7.41. The van der Waals surface area contributed by atoms with Crippen LogP contribution in [0.4, 0.5) is 4.11 Å². The highest BCUT2D eigenvalue weighted by Crippen LogP contribution is 2.02. The lowest BCUT2D eigenvalue weighted by molar-refractivity contribution is 0.169. The Balaban J connectivity index is 3.07. The second kappa shape index (κ2) is 4.01. The van der Waals surface area contributed by atoms with Crippen molar-refractivity contribution in [2.75, 3.05) is 12.8 Å². The van der Waals surface area contributed by atoms with Gasteiger partial charge in [0.1, 0.15) is 0 Å². The van der Waals surface area contributed by atoms with E-state index in [-0.39, 0.29) is 0 Å². The highest BCUT2D eigenvalue weighted by molar-refractivity contribution is 6.70. The second-order valence-electron chi connectivity index (χ2n) is 2.77. The van der Waals surface area contributed by atoms with Crippen LogP contribution in [-0.2, 0) is 4.74 Å². The van der Waals surface area contributed by atoms with E-state index >= 15 is 0 Å². The van der Waals surface area contributed by atoms with Gasteiger partial charge in [0, 0.05) is 6.61 Å². The lowest BCUT2D eigenvalue weighted by Gasteiger charge is -2.09. The predicted octanol–water partition coefficient (Wildman–Crippen LogP) is 2.13. The number of ether oxygens (including phenoxy) is 1. The Morgan fingerprint density at radius 1 is 1.44 bits per heavy atom. The molecule has 0 aromatic carbocycles. The van der Waals surface area contributed by atoms with Gasteiger partial charge in [0.15, 0.2) is 0 Å². The summed E-state index contributed by atoms with van der Waals surface area (Å²) in [6, 6.07) is 0. The zero-order chi connectivity index (χ0) is 7.33. The average molecular weight is 150 g/mol. The lowest BCUT2D eigenvalue weighted by atomic mass is 10.5. The first-order valence-electron chi connectivity index (χ1n) is 3.33. The van der Waals surface area contributed by atoms with Gasteiger partial charge in [-0.25, -0.2) is 0 Å². The first-order valence-corrected chi connectivity index (χ1v) is 6.41. The van der Waals surface area contributed by atoms with E-state index in [0.29, 0.717) is 12.8 Å². The number of halogens is 1. The van der Waals surface area contributed by atoms with E-state index in [1.54, 1.807) is 13.1 Å². The minimum absolute atomic E-state index is 0.348. The summed E-state index contributed by atoms with van der Waals surface area (Å²) in [6.07, 6.45) is 1.32.